The molecule has 1 aromatic carbocycles. The first-order valence-corrected chi connectivity index (χ1v) is 5.56. The minimum atomic E-state index is -0.791. The van der Waals surface area contributed by atoms with Crippen molar-refractivity contribution < 1.29 is 19.4 Å². The number of ether oxygens (including phenoxy) is 2. The molecule has 5 nitrogen and oxygen atoms in total. The maximum absolute atomic E-state index is 10.4. The van der Waals surface area contributed by atoms with Gasteiger partial charge in [0, 0.05) is 18.2 Å². The molecule has 0 aromatic heterocycles. The molecule has 3 N–H and O–H groups in total. The van der Waals surface area contributed by atoms with E-state index in [1.807, 2.05) is 6.07 Å². The van der Waals surface area contributed by atoms with E-state index >= 15 is 0 Å². The van der Waals surface area contributed by atoms with Gasteiger partial charge in [0.1, 0.15) is 13.2 Å². The van der Waals surface area contributed by atoms with Crippen molar-refractivity contribution in [3.05, 3.63) is 17.7 Å². The zero-order valence-corrected chi connectivity index (χ0v) is 9.44. The minimum Gasteiger partial charge on any atom is -0.486 e. The van der Waals surface area contributed by atoms with Gasteiger partial charge in [-0.15, -0.1) is 0 Å². The van der Waals surface area contributed by atoms with E-state index < -0.39 is 5.97 Å². The molecule has 1 aromatic rings. The number of nitrogen functional groups attached to an aromatic ring is 1. The van der Waals surface area contributed by atoms with E-state index in [9.17, 15) is 4.79 Å². The van der Waals surface area contributed by atoms with Crippen molar-refractivity contribution in [2.75, 3.05) is 18.9 Å². The summed E-state index contributed by atoms with van der Waals surface area (Å²) in [4.78, 5) is 10.4. The predicted octanol–water partition coefficient (Wildman–Crippen LogP) is 1.45. The van der Waals surface area contributed by atoms with Crippen LogP contribution in [0.2, 0.25) is 0 Å². The summed E-state index contributed by atoms with van der Waals surface area (Å²) in [7, 11) is 0. The molecule has 0 amide bonds. The summed E-state index contributed by atoms with van der Waals surface area (Å²) in [6.07, 6.45) is 1.35. The molecule has 0 atom stereocenters. The average molecular weight is 237 g/mol. The number of hydrogen-bond acceptors (Lipinski definition) is 4. The molecular weight excluding hydrogens is 222 g/mol. The molecule has 2 rings (SSSR count). The molecule has 0 bridgehead atoms. The second-order valence-electron chi connectivity index (χ2n) is 3.94. The van der Waals surface area contributed by atoms with Gasteiger partial charge in [0.2, 0.25) is 0 Å². The van der Waals surface area contributed by atoms with E-state index in [1.54, 1.807) is 6.07 Å². The zero-order valence-electron chi connectivity index (χ0n) is 9.44. The smallest absolute Gasteiger partial charge is 0.303 e. The molecule has 0 spiro atoms. The normalized spacial score (nSPS) is 13.4. The number of hydrogen-bond donors (Lipinski definition) is 2. The van der Waals surface area contributed by atoms with E-state index in [-0.39, 0.29) is 6.42 Å². The molecule has 5 heteroatoms. The molecule has 17 heavy (non-hydrogen) atoms. The van der Waals surface area contributed by atoms with Gasteiger partial charge in [-0.3, -0.25) is 4.79 Å². The van der Waals surface area contributed by atoms with Gasteiger partial charge >= 0.3 is 5.97 Å². The van der Waals surface area contributed by atoms with Crippen LogP contribution in [-0.4, -0.2) is 24.3 Å². The number of nitrogens with two attached hydrogens (primary N) is 1. The molecule has 0 saturated carbocycles. The van der Waals surface area contributed by atoms with Gasteiger partial charge in [-0.05, 0) is 24.5 Å². The third kappa shape index (κ3) is 2.81. The highest BCUT2D eigenvalue weighted by Crippen LogP contribution is 2.34. The van der Waals surface area contributed by atoms with E-state index in [4.69, 9.17) is 20.3 Å². The Kier molecular flexibility index (Phi) is 3.37. The summed E-state index contributed by atoms with van der Waals surface area (Å²) in [5.74, 6) is 0.563. The fourth-order valence-corrected chi connectivity index (χ4v) is 1.79. The minimum absolute atomic E-state index is 0.147. The van der Waals surface area contributed by atoms with E-state index in [1.165, 1.54) is 0 Å². The number of aryl methyl sites for hydroxylation is 1. The standard InChI is InChI=1S/C12H15NO4/c13-9-7-11-10(16-4-5-17-11)6-8(9)2-1-3-12(14)15/h6-7H,1-5,13H2,(H,14,15). The Balaban J connectivity index is 2.09. The first-order chi connectivity index (χ1) is 8.16. The van der Waals surface area contributed by atoms with Crippen LogP contribution in [0, 0.1) is 0 Å². The number of carboxylic acid groups (broad SMARTS) is 1. The molecule has 1 heterocycles. The molecule has 0 aliphatic carbocycles. The highest BCUT2D eigenvalue weighted by atomic mass is 16.6. The molecule has 0 saturated heterocycles. The van der Waals surface area contributed by atoms with Gasteiger partial charge < -0.3 is 20.3 Å². The van der Waals surface area contributed by atoms with Gasteiger partial charge in [0.15, 0.2) is 11.5 Å². The lowest BCUT2D eigenvalue weighted by Gasteiger charge is -2.20. The Hall–Kier alpha value is -1.91. The molecular formula is C12H15NO4. The van der Waals surface area contributed by atoms with Crippen LogP contribution in [0.5, 0.6) is 11.5 Å². The van der Waals surface area contributed by atoms with Gasteiger partial charge in [-0.25, -0.2) is 0 Å². The monoisotopic (exact) mass is 237 g/mol. The molecule has 0 radical (unpaired) electrons. The molecule has 1 aliphatic heterocycles. The number of benzene rings is 1. The Morgan fingerprint density at radius 2 is 1.94 bits per heavy atom. The van der Waals surface area contributed by atoms with E-state index in [2.05, 4.69) is 0 Å². The second kappa shape index (κ2) is 4.95. The van der Waals surface area contributed by atoms with Gasteiger partial charge in [0.25, 0.3) is 0 Å². The Morgan fingerprint density at radius 1 is 1.29 bits per heavy atom. The zero-order chi connectivity index (χ0) is 12.3. The van der Waals surface area contributed by atoms with Crippen molar-refractivity contribution in [3.8, 4) is 11.5 Å². The fourth-order valence-electron chi connectivity index (χ4n) is 1.79. The lowest BCUT2D eigenvalue weighted by atomic mass is 10.1. The maximum Gasteiger partial charge on any atom is 0.303 e. The van der Waals surface area contributed by atoms with E-state index in [0.717, 1.165) is 5.56 Å². The predicted molar refractivity (Wildman–Crippen MR) is 62.4 cm³/mol. The number of rotatable bonds is 4. The number of fused-ring (bicyclic) bond motifs is 1. The van der Waals surface area contributed by atoms with Gasteiger partial charge in [-0.1, -0.05) is 0 Å². The SMILES string of the molecule is Nc1cc2c(cc1CCCC(=O)O)OCCO2. The van der Waals surface area contributed by atoms with Crippen LogP contribution >= 0.6 is 0 Å². The quantitative estimate of drug-likeness (QED) is 0.774. The Labute approximate surface area is 99.1 Å². The largest absolute Gasteiger partial charge is 0.486 e. The highest BCUT2D eigenvalue weighted by Gasteiger charge is 2.14. The molecule has 92 valence electrons. The summed E-state index contributed by atoms with van der Waals surface area (Å²) in [5.41, 5.74) is 7.42. The highest BCUT2D eigenvalue weighted by molar-refractivity contribution is 5.66. The fraction of sp³-hybridized carbons (Fsp3) is 0.417. The second-order valence-corrected chi connectivity index (χ2v) is 3.94. The average Bonchev–Trinajstić information content (AvgIpc) is 2.29. The van der Waals surface area contributed by atoms with Crippen molar-refractivity contribution in [1.29, 1.82) is 0 Å². The van der Waals surface area contributed by atoms with Gasteiger partial charge in [-0.2, -0.15) is 0 Å². The molecule has 0 fully saturated rings. The van der Waals surface area contributed by atoms with Crippen molar-refractivity contribution in [2.45, 2.75) is 19.3 Å². The lowest BCUT2D eigenvalue weighted by molar-refractivity contribution is -0.137. The van der Waals surface area contributed by atoms with Crippen LogP contribution in [0.25, 0.3) is 0 Å². The van der Waals surface area contributed by atoms with Crippen LogP contribution < -0.4 is 15.2 Å². The number of carboxylic acids is 1. The van der Waals surface area contributed by atoms with Crippen molar-refractivity contribution >= 4 is 11.7 Å². The summed E-state index contributed by atoms with van der Waals surface area (Å²) in [5, 5.41) is 8.58. The van der Waals surface area contributed by atoms with Gasteiger partial charge in [0.05, 0.1) is 0 Å². The van der Waals surface area contributed by atoms with E-state index in [0.29, 0.717) is 43.2 Å². The summed E-state index contributed by atoms with van der Waals surface area (Å²) in [6, 6.07) is 3.58. The topological polar surface area (TPSA) is 81.8 Å². The van der Waals surface area contributed by atoms with Crippen LogP contribution in [0.4, 0.5) is 5.69 Å². The van der Waals surface area contributed by atoms with Crippen LogP contribution in [0.3, 0.4) is 0 Å². The maximum atomic E-state index is 10.4. The summed E-state index contributed by atoms with van der Waals surface area (Å²) < 4.78 is 10.9. The first kappa shape index (κ1) is 11.6. The molecule has 0 unspecified atom stereocenters. The van der Waals surface area contributed by atoms with Crippen molar-refractivity contribution in [3.63, 3.8) is 0 Å². The lowest BCUT2D eigenvalue weighted by Crippen LogP contribution is -2.16. The van der Waals surface area contributed by atoms with Crippen molar-refractivity contribution in [1.82, 2.24) is 0 Å². The first-order valence-electron chi connectivity index (χ1n) is 5.56. The summed E-state index contributed by atoms with van der Waals surface area (Å²) in [6.45, 7) is 1.07. The summed E-state index contributed by atoms with van der Waals surface area (Å²) >= 11 is 0. The van der Waals surface area contributed by atoms with Crippen LogP contribution in [-0.2, 0) is 11.2 Å². The Morgan fingerprint density at radius 3 is 2.59 bits per heavy atom. The van der Waals surface area contributed by atoms with Crippen LogP contribution in [0.15, 0.2) is 12.1 Å². The number of anilines is 1. The third-order valence-electron chi connectivity index (χ3n) is 2.64. The Bertz CT molecular complexity index is 431. The third-order valence-corrected chi connectivity index (χ3v) is 2.64. The molecule has 1 aliphatic rings. The van der Waals surface area contributed by atoms with Crippen LogP contribution in [0.1, 0.15) is 18.4 Å². The number of aliphatic carboxylic acids is 1. The number of carbonyl (C=O) groups is 1. The van der Waals surface area contributed by atoms with Crippen molar-refractivity contribution in [2.24, 2.45) is 0 Å².